The second-order valence-corrected chi connectivity index (χ2v) is 12.1. The minimum Gasteiger partial charge on any atom is -0.292 e. The van der Waals surface area contributed by atoms with E-state index >= 15 is 0 Å². The first kappa shape index (κ1) is 20.3. The zero-order valence-electron chi connectivity index (χ0n) is 21.1. The maximum atomic E-state index is 5.11. The van der Waals surface area contributed by atoms with Crippen LogP contribution >= 0.6 is 0 Å². The number of pyridine rings is 1. The van der Waals surface area contributed by atoms with Crippen LogP contribution in [0.2, 0.25) is 0 Å². The number of hydrogen-bond donors (Lipinski definition) is 0. The van der Waals surface area contributed by atoms with Gasteiger partial charge in [0.25, 0.3) is 0 Å². The molecule has 2 atom stereocenters. The van der Waals surface area contributed by atoms with E-state index in [1.54, 1.807) is 11.1 Å². The Morgan fingerprint density at radius 1 is 1.00 bits per heavy atom. The van der Waals surface area contributed by atoms with Crippen molar-refractivity contribution in [3.05, 3.63) is 82.5 Å². The number of benzene rings is 3. The predicted octanol–water partition coefficient (Wildman–Crippen LogP) is 8.15. The fourth-order valence-electron chi connectivity index (χ4n) is 6.82. The fourth-order valence-corrected chi connectivity index (χ4v) is 6.82. The standard InChI is InChI=1S/C32H32N2/c1-18-8-7-9-19(2)27(18)26-17-33-30-28-22(11-12-24-29(28)32(24)15-20(32)3)23-14-21(16-31(4,5)6)10-13-25(23)34(26)30/h7-14,17,20H,15-16H2,1-6H3. The number of rotatable bonds is 2. The number of nitrogens with zero attached hydrogens (tertiary/aromatic N) is 2. The van der Waals surface area contributed by atoms with E-state index in [4.69, 9.17) is 4.98 Å². The molecule has 170 valence electrons. The van der Waals surface area contributed by atoms with Gasteiger partial charge in [0.15, 0.2) is 0 Å². The van der Waals surface area contributed by atoms with Gasteiger partial charge in [-0.25, -0.2) is 4.98 Å². The molecular formula is C32H32N2. The molecule has 0 saturated heterocycles. The lowest BCUT2D eigenvalue weighted by molar-refractivity contribution is 0.411. The molecule has 3 aromatic carbocycles. The topological polar surface area (TPSA) is 17.3 Å². The van der Waals surface area contributed by atoms with Crippen molar-refractivity contribution in [2.75, 3.05) is 0 Å². The molecule has 0 bridgehead atoms. The molecule has 0 aliphatic heterocycles. The largest absolute Gasteiger partial charge is 0.292 e. The highest BCUT2D eigenvalue weighted by atomic mass is 15.0. The van der Waals surface area contributed by atoms with Gasteiger partial charge in [-0.15, -0.1) is 0 Å². The van der Waals surface area contributed by atoms with Crippen LogP contribution in [0.25, 0.3) is 38.6 Å². The second kappa shape index (κ2) is 6.30. The van der Waals surface area contributed by atoms with Gasteiger partial charge in [-0.1, -0.05) is 64.1 Å². The van der Waals surface area contributed by atoms with Crippen LogP contribution in [0.1, 0.15) is 61.9 Å². The van der Waals surface area contributed by atoms with E-state index in [1.807, 2.05) is 0 Å². The Morgan fingerprint density at radius 2 is 1.74 bits per heavy atom. The highest BCUT2D eigenvalue weighted by Crippen LogP contribution is 2.73. The smallest absolute Gasteiger partial charge is 0.145 e. The maximum Gasteiger partial charge on any atom is 0.145 e. The molecule has 2 aliphatic carbocycles. The van der Waals surface area contributed by atoms with Crippen LogP contribution in [0.5, 0.6) is 0 Å². The average Bonchev–Trinajstić information content (AvgIpc) is 3.56. The SMILES string of the molecule is Cc1cccc(C)c1-c1cnc2c3c4c(ccc3c3cc(CC(C)(C)C)ccc3n12)C41CC1C. The van der Waals surface area contributed by atoms with Gasteiger partial charge in [0.05, 0.1) is 17.4 Å². The summed E-state index contributed by atoms with van der Waals surface area (Å²) in [5, 5.41) is 4.11. The minimum absolute atomic E-state index is 0.256. The van der Waals surface area contributed by atoms with E-state index in [9.17, 15) is 0 Å². The van der Waals surface area contributed by atoms with Crippen molar-refractivity contribution in [2.45, 2.75) is 59.8 Å². The molecule has 1 spiro atoms. The van der Waals surface area contributed by atoms with Crippen LogP contribution in [0, 0.1) is 25.2 Å². The average molecular weight is 445 g/mol. The normalized spacial score (nSPS) is 21.1. The Kier molecular flexibility index (Phi) is 3.75. The first-order valence-electron chi connectivity index (χ1n) is 12.7. The van der Waals surface area contributed by atoms with Crippen molar-refractivity contribution in [3.63, 3.8) is 0 Å². The molecule has 2 nitrogen and oxygen atoms in total. The number of aromatic nitrogens is 2. The molecule has 2 heteroatoms. The maximum absolute atomic E-state index is 5.11. The number of imidazole rings is 1. The van der Waals surface area contributed by atoms with Gasteiger partial charge in [0.1, 0.15) is 5.65 Å². The van der Waals surface area contributed by atoms with Crippen molar-refractivity contribution in [3.8, 4) is 11.3 Å². The second-order valence-electron chi connectivity index (χ2n) is 12.1. The number of aryl methyl sites for hydroxylation is 2. The van der Waals surface area contributed by atoms with Gasteiger partial charge < -0.3 is 0 Å². The van der Waals surface area contributed by atoms with Crippen LogP contribution < -0.4 is 0 Å². The van der Waals surface area contributed by atoms with Crippen molar-refractivity contribution in [1.82, 2.24) is 9.38 Å². The molecule has 0 amide bonds. The molecule has 5 aromatic rings. The summed E-state index contributed by atoms with van der Waals surface area (Å²) in [6.45, 7) is 13.8. The molecule has 0 N–H and O–H groups in total. The summed E-state index contributed by atoms with van der Waals surface area (Å²) in [5.74, 6) is 0.754. The molecule has 2 unspecified atom stereocenters. The van der Waals surface area contributed by atoms with Gasteiger partial charge in [0.2, 0.25) is 0 Å². The summed E-state index contributed by atoms with van der Waals surface area (Å²) < 4.78 is 2.45. The Morgan fingerprint density at radius 3 is 2.41 bits per heavy atom. The Bertz CT molecular complexity index is 1660. The van der Waals surface area contributed by atoms with Gasteiger partial charge >= 0.3 is 0 Å². The Labute approximate surface area is 201 Å². The van der Waals surface area contributed by atoms with Gasteiger partial charge in [-0.2, -0.15) is 0 Å². The summed E-state index contributed by atoms with van der Waals surface area (Å²) in [6, 6.07) is 18.5. The Hall–Kier alpha value is -3.13. The molecule has 1 saturated carbocycles. The van der Waals surface area contributed by atoms with Crippen molar-refractivity contribution in [2.24, 2.45) is 11.3 Å². The quantitative estimate of drug-likeness (QED) is 0.251. The van der Waals surface area contributed by atoms with Gasteiger partial charge in [-0.05, 0) is 83.4 Å². The molecular weight excluding hydrogens is 412 g/mol. The van der Waals surface area contributed by atoms with E-state index in [0.29, 0.717) is 5.41 Å². The highest BCUT2D eigenvalue weighted by molar-refractivity contribution is 6.16. The summed E-state index contributed by atoms with van der Waals surface area (Å²) in [5.41, 5.74) is 12.6. The van der Waals surface area contributed by atoms with E-state index in [0.717, 1.165) is 18.0 Å². The van der Waals surface area contributed by atoms with Crippen LogP contribution in [0.4, 0.5) is 0 Å². The van der Waals surface area contributed by atoms with E-state index in [-0.39, 0.29) is 5.41 Å². The van der Waals surface area contributed by atoms with Crippen molar-refractivity contribution < 1.29 is 0 Å². The third-order valence-electron chi connectivity index (χ3n) is 8.43. The molecule has 0 radical (unpaired) electrons. The van der Waals surface area contributed by atoms with Crippen LogP contribution in [-0.2, 0) is 11.8 Å². The molecule has 1 fully saturated rings. The van der Waals surface area contributed by atoms with Crippen LogP contribution in [0.15, 0.2) is 54.7 Å². The first-order valence-corrected chi connectivity index (χ1v) is 12.7. The lowest BCUT2D eigenvalue weighted by atomic mass is 9.87. The third kappa shape index (κ3) is 2.54. The highest BCUT2D eigenvalue weighted by Gasteiger charge is 2.66. The molecule has 2 heterocycles. The molecule has 2 aliphatic rings. The molecule has 7 rings (SSSR count). The lowest BCUT2D eigenvalue weighted by Crippen LogP contribution is -2.09. The minimum atomic E-state index is 0.256. The lowest BCUT2D eigenvalue weighted by Gasteiger charge is -2.19. The first-order chi connectivity index (χ1) is 16.2. The van der Waals surface area contributed by atoms with Crippen molar-refractivity contribution in [1.29, 1.82) is 0 Å². The van der Waals surface area contributed by atoms with Crippen LogP contribution in [-0.4, -0.2) is 9.38 Å². The van der Waals surface area contributed by atoms with E-state index in [1.165, 1.54) is 56.0 Å². The van der Waals surface area contributed by atoms with Crippen molar-refractivity contribution >= 4 is 27.3 Å². The summed E-state index contributed by atoms with van der Waals surface area (Å²) in [7, 11) is 0. The summed E-state index contributed by atoms with van der Waals surface area (Å²) in [4.78, 5) is 5.11. The van der Waals surface area contributed by atoms with E-state index in [2.05, 4.69) is 101 Å². The van der Waals surface area contributed by atoms with E-state index < -0.39 is 0 Å². The zero-order valence-corrected chi connectivity index (χ0v) is 21.1. The summed E-state index contributed by atoms with van der Waals surface area (Å²) in [6.07, 6.45) is 4.47. The molecule has 34 heavy (non-hydrogen) atoms. The zero-order chi connectivity index (χ0) is 23.6. The number of hydrogen-bond acceptors (Lipinski definition) is 1. The van der Waals surface area contributed by atoms with Gasteiger partial charge in [0, 0.05) is 21.8 Å². The van der Waals surface area contributed by atoms with Gasteiger partial charge in [-0.3, -0.25) is 4.40 Å². The third-order valence-corrected chi connectivity index (χ3v) is 8.43. The Balaban J connectivity index is 1.63. The van der Waals surface area contributed by atoms with Crippen LogP contribution in [0.3, 0.4) is 0 Å². The number of fused-ring (bicyclic) bond motifs is 10. The summed E-state index contributed by atoms with van der Waals surface area (Å²) >= 11 is 0. The fraction of sp³-hybridized carbons (Fsp3) is 0.344. The monoisotopic (exact) mass is 444 g/mol. The molecule has 2 aromatic heterocycles. The predicted molar refractivity (Wildman–Crippen MR) is 143 cm³/mol.